The van der Waals surface area contributed by atoms with Crippen molar-refractivity contribution in [2.45, 2.75) is 6.42 Å². The molecule has 0 aliphatic carbocycles. The van der Waals surface area contributed by atoms with E-state index in [1.54, 1.807) is 43.5 Å². The fourth-order valence-electron chi connectivity index (χ4n) is 2.95. The minimum absolute atomic E-state index is 0.0904. The molecule has 0 unspecified atom stereocenters. The Labute approximate surface area is 167 Å². The zero-order chi connectivity index (χ0) is 19.6. The molecule has 0 bridgehead atoms. The number of nitrogens with one attached hydrogen (secondary N) is 1. The molecule has 0 spiro atoms. The van der Waals surface area contributed by atoms with Gasteiger partial charge in [0.1, 0.15) is 11.5 Å². The van der Waals surface area contributed by atoms with Gasteiger partial charge >= 0.3 is 0 Å². The molecule has 27 heavy (non-hydrogen) atoms. The molecule has 8 heteroatoms. The molecule has 1 N–H and O–H groups in total. The van der Waals surface area contributed by atoms with Crippen molar-refractivity contribution in [1.29, 1.82) is 0 Å². The van der Waals surface area contributed by atoms with Gasteiger partial charge in [0.05, 0.1) is 36.5 Å². The Morgan fingerprint density at radius 2 is 1.93 bits per heavy atom. The summed E-state index contributed by atoms with van der Waals surface area (Å²) in [6, 6.07) is 9.98. The zero-order valence-corrected chi connectivity index (χ0v) is 16.3. The topological polar surface area (TPSA) is 67.9 Å². The van der Waals surface area contributed by atoms with E-state index < -0.39 is 5.92 Å². The summed E-state index contributed by atoms with van der Waals surface area (Å²) >= 11 is 12.2. The minimum Gasteiger partial charge on any atom is -0.497 e. The summed E-state index contributed by atoms with van der Waals surface area (Å²) in [4.78, 5) is 26.6. The van der Waals surface area contributed by atoms with Gasteiger partial charge in [0.15, 0.2) is 0 Å². The number of nitrogens with zero attached hydrogens (tertiary/aromatic N) is 1. The fraction of sp³-hybridized carbons (Fsp3) is 0.263. The Hall–Kier alpha value is -2.44. The third kappa shape index (κ3) is 4.12. The van der Waals surface area contributed by atoms with Crippen LogP contribution in [0.15, 0.2) is 36.4 Å². The molecule has 3 rings (SSSR count). The first-order valence-electron chi connectivity index (χ1n) is 8.21. The maximum absolute atomic E-state index is 12.7. The van der Waals surface area contributed by atoms with Crippen molar-refractivity contribution < 1.29 is 19.1 Å². The van der Waals surface area contributed by atoms with E-state index in [-0.39, 0.29) is 24.8 Å². The van der Waals surface area contributed by atoms with Crippen molar-refractivity contribution in [3.63, 3.8) is 0 Å². The predicted octanol–water partition coefficient (Wildman–Crippen LogP) is 4.00. The van der Waals surface area contributed by atoms with Gasteiger partial charge in [-0.05, 0) is 30.3 Å². The lowest BCUT2D eigenvalue weighted by Gasteiger charge is -2.18. The third-order valence-electron chi connectivity index (χ3n) is 4.36. The van der Waals surface area contributed by atoms with Crippen LogP contribution in [0.4, 0.5) is 11.4 Å². The van der Waals surface area contributed by atoms with Gasteiger partial charge in [-0.15, -0.1) is 0 Å². The zero-order valence-electron chi connectivity index (χ0n) is 14.8. The third-order valence-corrected chi connectivity index (χ3v) is 4.92. The van der Waals surface area contributed by atoms with Crippen molar-refractivity contribution in [2.75, 3.05) is 31.0 Å². The van der Waals surface area contributed by atoms with Crippen LogP contribution in [-0.4, -0.2) is 32.6 Å². The van der Waals surface area contributed by atoms with Gasteiger partial charge in [0.25, 0.3) is 0 Å². The number of benzene rings is 2. The van der Waals surface area contributed by atoms with E-state index in [0.717, 1.165) is 0 Å². The molecule has 0 saturated carbocycles. The highest BCUT2D eigenvalue weighted by Gasteiger charge is 2.36. The second kappa shape index (κ2) is 8.06. The average Bonchev–Trinajstić information content (AvgIpc) is 3.05. The van der Waals surface area contributed by atoms with Crippen LogP contribution in [0, 0.1) is 5.92 Å². The number of hydrogen-bond donors (Lipinski definition) is 1. The number of amides is 2. The van der Waals surface area contributed by atoms with E-state index in [1.807, 2.05) is 0 Å². The second-order valence-corrected chi connectivity index (χ2v) is 6.90. The molecule has 2 amide bonds. The van der Waals surface area contributed by atoms with Crippen LogP contribution in [0.25, 0.3) is 0 Å². The van der Waals surface area contributed by atoms with Crippen molar-refractivity contribution >= 4 is 46.4 Å². The van der Waals surface area contributed by atoms with E-state index >= 15 is 0 Å². The summed E-state index contributed by atoms with van der Waals surface area (Å²) in [5.74, 6) is 0.122. The summed E-state index contributed by atoms with van der Waals surface area (Å²) in [6.45, 7) is 0.225. The number of anilines is 2. The van der Waals surface area contributed by atoms with Crippen LogP contribution < -0.4 is 19.7 Å². The van der Waals surface area contributed by atoms with Crippen LogP contribution in [0.5, 0.6) is 11.5 Å². The average molecular weight is 409 g/mol. The van der Waals surface area contributed by atoms with E-state index in [0.29, 0.717) is 32.9 Å². The lowest BCUT2D eigenvalue weighted by molar-refractivity contribution is -0.122. The van der Waals surface area contributed by atoms with E-state index in [1.165, 1.54) is 12.0 Å². The SMILES string of the molecule is COc1ccc(NC(=O)[C@H]2CC(=O)N(c3cc(Cl)ccc3Cl)C2)c(OC)c1. The highest BCUT2D eigenvalue weighted by atomic mass is 35.5. The van der Waals surface area contributed by atoms with Gasteiger partial charge in [-0.2, -0.15) is 0 Å². The number of carbonyl (C=O) groups excluding carboxylic acids is 2. The predicted molar refractivity (Wildman–Crippen MR) is 105 cm³/mol. The Bertz CT molecular complexity index is 888. The molecule has 0 radical (unpaired) electrons. The molecular formula is C19H18Cl2N2O4. The Balaban J connectivity index is 1.75. The monoisotopic (exact) mass is 408 g/mol. The Morgan fingerprint density at radius 1 is 1.15 bits per heavy atom. The van der Waals surface area contributed by atoms with Gasteiger partial charge in [0.2, 0.25) is 11.8 Å². The fourth-order valence-corrected chi connectivity index (χ4v) is 3.33. The maximum Gasteiger partial charge on any atom is 0.229 e. The number of methoxy groups -OCH3 is 2. The van der Waals surface area contributed by atoms with Gasteiger partial charge < -0.3 is 19.7 Å². The van der Waals surface area contributed by atoms with Gasteiger partial charge in [-0.25, -0.2) is 0 Å². The van der Waals surface area contributed by atoms with Crippen molar-refractivity contribution in [1.82, 2.24) is 0 Å². The molecule has 2 aromatic carbocycles. The number of hydrogen-bond acceptors (Lipinski definition) is 4. The molecular weight excluding hydrogens is 391 g/mol. The lowest BCUT2D eigenvalue weighted by atomic mass is 10.1. The number of ether oxygens (including phenoxy) is 2. The first-order valence-corrected chi connectivity index (χ1v) is 8.97. The summed E-state index contributed by atoms with van der Waals surface area (Å²) in [5.41, 5.74) is 1.02. The van der Waals surface area contributed by atoms with Crippen LogP contribution in [0.3, 0.4) is 0 Å². The Kier molecular flexibility index (Phi) is 5.77. The first kappa shape index (κ1) is 19.3. The summed E-state index contributed by atoms with van der Waals surface area (Å²) in [6.07, 6.45) is 0.0904. The molecule has 1 aliphatic rings. The molecule has 1 aliphatic heterocycles. The standard InChI is InChI=1S/C19H18Cl2N2O4/c1-26-13-4-6-15(17(9-13)27-2)22-19(25)11-7-18(24)23(10-11)16-8-12(20)3-5-14(16)21/h3-6,8-9,11H,7,10H2,1-2H3,(H,22,25)/t11-/m0/s1. The maximum atomic E-state index is 12.7. The number of halogens is 2. The van der Waals surface area contributed by atoms with Crippen molar-refractivity contribution in [3.05, 3.63) is 46.4 Å². The van der Waals surface area contributed by atoms with E-state index in [9.17, 15) is 9.59 Å². The van der Waals surface area contributed by atoms with Gasteiger partial charge in [-0.3, -0.25) is 9.59 Å². The molecule has 2 aromatic rings. The smallest absolute Gasteiger partial charge is 0.229 e. The van der Waals surface area contributed by atoms with E-state index in [2.05, 4.69) is 5.32 Å². The van der Waals surface area contributed by atoms with Crippen molar-refractivity contribution in [2.24, 2.45) is 5.92 Å². The number of rotatable bonds is 5. The summed E-state index contributed by atoms with van der Waals surface area (Å²) < 4.78 is 10.4. The number of carbonyl (C=O) groups is 2. The lowest BCUT2D eigenvalue weighted by Crippen LogP contribution is -2.28. The second-order valence-electron chi connectivity index (χ2n) is 6.06. The molecule has 1 atom stereocenters. The largest absolute Gasteiger partial charge is 0.497 e. The van der Waals surface area contributed by atoms with Crippen LogP contribution in [0.1, 0.15) is 6.42 Å². The Morgan fingerprint density at radius 3 is 2.63 bits per heavy atom. The van der Waals surface area contributed by atoms with Gasteiger partial charge in [-0.1, -0.05) is 23.2 Å². The molecule has 0 aromatic heterocycles. The normalized spacial score (nSPS) is 16.4. The summed E-state index contributed by atoms with van der Waals surface area (Å²) in [7, 11) is 3.05. The highest BCUT2D eigenvalue weighted by molar-refractivity contribution is 6.36. The quantitative estimate of drug-likeness (QED) is 0.811. The first-order chi connectivity index (χ1) is 12.9. The summed E-state index contributed by atoms with van der Waals surface area (Å²) in [5, 5.41) is 3.69. The molecule has 142 valence electrons. The van der Waals surface area contributed by atoms with E-state index in [4.69, 9.17) is 32.7 Å². The molecule has 1 heterocycles. The molecule has 1 fully saturated rings. The highest BCUT2D eigenvalue weighted by Crippen LogP contribution is 2.34. The van der Waals surface area contributed by atoms with Crippen LogP contribution in [-0.2, 0) is 9.59 Å². The minimum atomic E-state index is -0.514. The van der Waals surface area contributed by atoms with Crippen molar-refractivity contribution in [3.8, 4) is 11.5 Å². The molecule has 6 nitrogen and oxygen atoms in total. The van der Waals surface area contributed by atoms with Gasteiger partial charge in [0, 0.05) is 24.1 Å². The molecule has 1 saturated heterocycles. The van der Waals surface area contributed by atoms with Crippen LogP contribution >= 0.6 is 23.2 Å². The van der Waals surface area contributed by atoms with Crippen LogP contribution in [0.2, 0.25) is 10.0 Å².